The number of aromatic nitrogens is 2. The van der Waals surface area contributed by atoms with Crippen molar-refractivity contribution in [3.8, 4) is 0 Å². The summed E-state index contributed by atoms with van der Waals surface area (Å²) >= 11 is 0. The van der Waals surface area contributed by atoms with Crippen LogP contribution in [0.25, 0.3) is 0 Å². The van der Waals surface area contributed by atoms with Gasteiger partial charge in [-0.15, -0.1) is 0 Å². The van der Waals surface area contributed by atoms with E-state index in [0.717, 1.165) is 36.9 Å². The molecule has 0 amide bonds. The quantitative estimate of drug-likeness (QED) is 0.646. The third kappa shape index (κ3) is 1.78. The number of nitrogens with zero attached hydrogens (tertiary/aromatic N) is 1. The minimum absolute atomic E-state index is 0.0469. The van der Waals surface area contributed by atoms with Crippen molar-refractivity contribution in [1.29, 1.82) is 0 Å². The molecule has 76 valence electrons. The van der Waals surface area contributed by atoms with Gasteiger partial charge in [-0.2, -0.15) is 0 Å². The lowest BCUT2D eigenvalue weighted by atomic mass is 9.98. The first-order valence-electron chi connectivity index (χ1n) is 5.15. The van der Waals surface area contributed by atoms with Gasteiger partial charge in [0.05, 0.1) is 5.69 Å². The van der Waals surface area contributed by atoms with Crippen molar-refractivity contribution >= 4 is 5.95 Å². The van der Waals surface area contributed by atoms with Gasteiger partial charge in [0.2, 0.25) is 5.95 Å². The van der Waals surface area contributed by atoms with E-state index in [-0.39, 0.29) is 11.5 Å². The molecule has 1 aliphatic carbocycles. The summed E-state index contributed by atoms with van der Waals surface area (Å²) in [5.41, 5.74) is 7.21. The summed E-state index contributed by atoms with van der Waals surface area (Å²) in [5, 5.41) is 0. The van der Waals surface area contributed by atoms with Crippen molar-refractivity contribution in [2.75, 3.05) is 5.73 Å². The maximum absolute atomic E-state index is 11.6. The van der Waals surface area contributed by atoms with Gasteiger partial charge in [0.1, 0.15) is 0 Å². The van der Waals surface area contributed by atoms with Crippen molar-refractivity contribution in [3.63, 3.8) is 0 Å². The Balaban J connectivity index is 2.44. The Morgan fingerprint density at radius 2 is 1.86 bits per heavy atom. The fourth-order valence-corrected chi connectivity index (χ4v) is 1.98. The molecular weight excluding hydrogens is 178 g/mol. The predicted molar refractivity (Wildman–Crippen MR) is 55.1 cm³/mol. The number of aryl methyl sites for hydroxylation is 1. The zero-order valence-electron chi connectivity index (χ0n) is 8.18. The number of nitrogens with two attached hydrogens (primary N) is 1. The summed E-state index contributed by atoms with van der Waals surface area (Å²) in [4.78, 5) is 18.3. The molecule has 14 heavy (non-hydrogen) atoms. The van der Waals surface area contributed by atoms with E-state index >= 15 is 0 Å². The summed E-state index contributed by atoms with van der Waals surface area (Å²) in [6.07, 6.45) is 6.38. The molecule has 0 saturated carbocycles. The molecule has 0 spiro atoms. The standard InChI is InChI=1S/C10H15N3O/c11-10-12-8-6-4-2-1-3-5-7(8)9(14)13-10/h1-6H2,(H3,11,12,13,14). The number of hydrogen-bond acceptors (Lipinski definition) is 3. The first-order chi connectivity index (χ1) is 6.77. The lowest BCUT2D eigenvalue weighted by Crippen LogP contribution is -2.20. The lowest BCUT2D eigenvalue weighted by Gasteiger charge is -2.11. The minimum atomic E-state index is -0.0469. The molecule has 0 aromatic carbocycles. The summed E-state index contributed by atoms with van der Waals surface area (Å²) in [5.74, 6) is 0.245. The molecule has 0 atom stereocenters. The number of aromatic amines is 1. The molecule has 0 bridgehead atoms. The van der Waals surface area contributed by atoms with Crippen molar-refractivity contribution in [3.05, 3.63) is 21.6 Å². The third-order valence-electron chi connectivity index (χ3n) is 2.71. The van der Waals surface area contributed by atoms with E-state index in [4.69, 9.17) is 5.73 Å². The van der Waals surface area contributed by atoms with Crippen LogP contribution in [0.4, 0.5) is 5.95 Å². The van der Waals surface area contributed by atoms with Gasteiger partial charge >= 0.3 is 0 Å². The number of hydrogen-bond donors (Lipinski definition) is 2. The zero-order valence-corrected chi connectivity index (χ0v) is 8.18. The van der Waals surface area contributed by atoms with Crippen LogP contribution >= 0.6 is 0 Å². The Morgan fingerprint density at radius 3 is 2.64 bits per heavy atom. The molecule has 2 rings (SSSR count). The Kier molecular flexibility index (Phi) is 2.52. The topological polar surface area (TPSA) is 71.8 Å². The third-order valence-corrected chi connectivity index (χ3v) is 2.71. The van der Waals surface area contributed by atoms with E-state index in [2.05, 4.69) is 9.97 Å². The molecule has 1 heterocycles. The van der Waals surface area contributed by atoms with Gasteiger partial charge in [0.25, 0.3) is 5.56 Å². The van der Waals surface area contributed by atoms with Crippen LogP contribution in [0, 0.1) is 0 Å². The van der Waals surface area contributed by atoms with Crippen molar-refractivity contribution < 1.29 is 0 Å². The number of nitrogens with one attached hydrogen (secondary N) is 1. The molecule has 1 aromatic heterocycles. The first kappa shape index (κ1) is 9.24. The van der Waals surface area contributed by atoms with Crippen LogP contribution in [0.5, 0.6) is 0 Å². The maximum atomic E-state index is 11.6. The van der Waals surface area contributed by atoms with Crippen LogP contribution in [0.15, 0.2) is 4.79 Å². The first-order valence-corrected chi connectivity index (χ1v) is 5.15. The summed E-state index contributed by atoms with van der Waals surface area (Å²) in [6, 6.07) is 0. The highest BCUT2D eigenvalue weighted by atomic mass is 16.1. The van der Waals surface area contributed by atoms with E-state index in [9.17, 15) is 4.79 Å². The monoisotopic (exact) mass is 193 g/mol. The van der Waals surface area contributed by atoms with Crippen LogP contribution < -0.4 is 11.3 Å². The van der Waals surface area contributed by atoms with Crippen molar-refractivity contribution in [2.45, 2.75) is 38.5 Å². The van der Waals surface area contributed by atoms with E-state index in [1.807, 2.05) is 0 Å². The highest BCUT2D eigenvalue weighted by molar-refractivity contribution is 5.25. The van der Waals surface area contributed by atoms with Crippen molar-refractivity contribution in [1.82, 2.24) is 9.97 Å². The Morgan fingerprint density at radius 1 is 1.14 bits per heavy atom. The summed E-state index contributed by atoms with van der Waals surface area (Å²) in [6.45, 7) is 0. The van der Waals surface area contributed by atoms with E-state index in [1.165, 1.54) is 12.8 Å². The van der Waals surface area contributed by atoms with Crippen molar-refractivity contribution in [2.24, 2.45) is 0 Å². The van der Waals surface area contributed by atoms with Crippen LogP contribution in [-0.2, 0) is 12.8 Å². The second-order valence-corrected chi connectivity index (χ2v) is 3.79. The van der Waals surface area contributed by atoms with Gasteiger partial charge in [-0.3, -0.25) is 9.78 Å². The molecule has 0 unspecified atom stereocenters. The molecular formula is C10H15N3O. The zero-order chi connectivity index (χ0) is 9.97. The highest BCUT2D eigenvalue weighted by Gasteiger charge is 2.12. The number of anilines is 1. The van der Waals surface area contributed by atoms with Gasteiger partial charge in [0.15, 0.2) is 0 Å². The maximum Gasteiger partial charge on any atom is 0.255 e. The number of H-pyrrole nitrogens is 1. The predicted octanol–water partition coefficient (Wildman–Crippen LogP) is 1.01. The molecule has 0 fully saturated rings. The second-order valence-electron chi connectivity index (χ2n) is 3.79. The Bertz CT molecular complexity index is 383. The van der Waals surface area contributed by atoms with E-state index in [0.29, 0.717) is 0 Å². The largest absolute Gasteiger partial charge is 0.369 e. The van der Waals surface area contributed by atoms with Crippen LogP contribution in [0.1, 0.15) is 36.9 Å². The van der Waals surface area contributed by atoms with Crippen LogP contribution in [0.2, 0.25) is 0 Å². The van der Waals surface area contributed by atoms with Crippen LogP contribution in [0.3, 0.4) is 0 Å². The Labute approximate surface area is 82.6 Å². The average molecular weight is 193 g/mol. The highest BCUT2D eigenvalue weighted by Crippen LogP contribution is 2.15. The molecule has 1 aromatic rings. The fraction of sp³-hybridized carbons (Fsp3) is 0.600. The number of nitrogen functional groups attached to an aromatic ring is 1. The molecule has 0 aliphatic heterocycles. The number of rotatable bonds is 0. The number of fused-ring (bicyclic) bond motifs is 1. The van der Waals surface area contributed by atoms with E-state index in [1.54, 1.807) is 0 Å². The fourth-order valence-electron chi connectivity index (χ4n) is 1.98. The normalized spacial score (nSPS) is 16.9. The molecule has 1 aliphatic rings. The van der Waals surface area contributed by atoms with Gasteiger partial charge in [-0.05, 0) is 25.7 Å². The van der Waals surface area contributed by atoms with Gasteiger partial charge in [-0.1, -0.05) is 12.8 Å². The molecule has 4 nitrogen and oxygen atoms in total. The molecule has 0 radical (unpaired) electrons. The molecule has 4 heteroatoms. The Hall–Kier alpha value is -1.32. The van der Waals surface area contributed by atoms with Gasteiger partial charge < -0.3 is 5.73 Å². The van der Waals surface area contributed by atoms with Gasteiger partial charge in [0, 0.05) is 5.56 Å². The summed E-state index contributed by atoms with van der Waals surface area (Å²) in [7, 11) is 0. The molecule has 0 saturated heterocycles. The average Bonchev–Trinajstić information content (AvgIpc) is 2.07. The molecule has 3 N–H and O–H groups in total. The summed E-state index contributed by atoms with van der Waals surface area (Å²) < 4.78 is 0. The SMILES string of the molecule is Nc1nc2c(c(=O)[nH]1)CCCCCC2. The van der Waals surface area contributed by atoms with Crippen LogP contribution in [-0.4, -0.2) is 9.97 Å². The van der Waals surface area contributed by atoms with Gasteiger partial charge in [-0.25, -0.2) is 4.98 Å². The second kappa shape index (κ2) is 3.82. The minimum Gasteiger partial charge on any atom is -0.369 e. The smallest absolute Gasteiger partial charge is 0.255 e. The van der Waals surface area contributed by atoms with E-state index < -0.39 is 0 Å². The lowest BCUT2D eigenvalue weighted by molar-refractivity contribution is 0.604.